The van der Waals surface area contributed by atoms with Crippen LogP contribution in [-0.2, 0) is 0 Å². The van der Waals surface area contributed by atoms with E-state index in [-0.39, 0.29) is 11.9 Å². The maximum atomic E-state index is 12.3. The van der Waals surface area contributed by atoms with E-state index in [0.29, 0.717) is 29.7 Å². The number of halogens is 1. The molecule has 0 unspecified atom stereocenters. The third-order valence-corrected chi connectivity index (χ3v) is 4.42. The van der Waals surface area contributed by atoms with Crippen molar-refractivity contribution in [3.8, 4) is 11.5 Å². The van der Waals surface area contributed by atoms with Gasteiger partial charge in [0.15, 0.2) is 11.5 Å². The fourth-order valence-corrected chi connectivity index (χ4v) is 3.02. The summed E-state index contributed by atoms with van der Waals surface area (Å²) in [5.74, 6) is 1.70. The van der Waals surface area contributed by atoms with Crippen LogP contribution in [0, 0.1) is 0 Å². The van der Waals surface area contributed by atoms with Crippen LogP contribution in [0.5, 0.6) is 11.5 Å². The Morgan fingerprint density at radius 2 is 2.04 bits per heavy atom. The van der Waals surface area contributed by atoms with E-state index >= 15 is 0 Å². The van der Waals surface area contributed by atoms with E-state index in [1.165, 1.54) is 6.20 Å². The zero-order valence-corrected chi connectivity index (χ0v) is 13.0. The maximum absolute atomic E-state index is 12.3. The van der Waals surface area contributed by atoms with Crippen LogP contribution < -0.4 is 14.8 Å². The number of nitrogens with one attached hydrogen (secondary N) is 1. The fraction of sp³-hybridized carbons (Fsp3) is 0.294. The second kappa shape index (κ2) is 5.74. The maximum Gasteiger partial charge on any atom is 0.253 e. The first kappa shape index (κ1) is 14.3. The lowest BCUT2D eigenvalue weighted by atomic mass is 10.1. The average Bonchev–Trinajstić information content (AvgIpc) is 3.34. The number of ether oxygens (including phenoxy) is 2. The molecule has 5 nitrogen and oxygen atoms in total. The van der Waals surface area contributed by atoms with Gasteiger partial charge in [0.05, 0.1) is 10.6 Å². The number of aromatic nitrogens is 1. The van der Waals surface area contributed by atoms with Gasteiger partial charge >= 0.3 is 0 Å². The summed E-state index contributed by atoms with van der Waals surface area (Å²) < 4.78 is 11.1. The minimum atomic E-state index is -0.164. The molecule has 1 aromatic heterocycles. The third-order valence-electron chi connectivity index (χ3n) is 4.12. The molecule has 2 heterocycles. The molecular weight excluding hydrogens is 316 g/mol. The number of fused-ring (bicyclic) bond motifs is 1. The summed E-state index contributed by atoms with van der Waals surface area (Å²) >= 11 is 6.00. The first-order valence-electron chi connectivity index (χ1n) is 7.52. The van der Waals surface area contributed by atoms with Crippen LogP contribution in [0.1, 0.15) is 28.3 Å². The Balaban J connectivity index is 1.44. The Morgan fingerprint density at radius 3 is 2.87 bits per heavy atom. The number of amides is 1. The highest BCUT2D eigenvalue weighted by atomic mass is 35.5. The molecule has 6 heteroatoms. The minimum Gasteiger partial charge on any atom is -0.486 e. The molecule has 118 valence electrons. The van der Waals surface area contributed by atoms with Crippen molar-refractivity contribution >= 4 is 17.5 Å². The molecule has 2 aromatic rings. The van der Waals surface area contributed by atoms with Gasteiger partial charge in [-0.1, -0.05) is 17.7 Å². The minimum absolute atomic E-state index is 0.120. The summed E-state index contributed by atoms with van der Waals surface area (Å²) in [6.07, 6.45) is 3.95. The van der Waals surface area contributed by atoms with Crippen molar-refractivity contribution in [2.24, 2.45) is 0 Å². The number of pyridine rings is 1. The van der Waals surface area contributed by atoms with Crippen LogP contribution >= 0.6 is 11.6 Å². The van der Waals surface area contributed by atoms with Crippen molar-refractivity contribution in [1.82, 2.24) is 10.3 Å². The van der Waals surface area contributed by atoms with Gasteiger partial charge in [0.2, 0.25) is 0 Å². The largest absolute Gasteiger partial charge is 0.486 e. The molecule has 0 bridgehead atoms. The Hall–Kier alpha value is -2.27. The molecule has 23 heavy (non-hydrogen) atoms. The topological polar surface area (TPSA) is 60.5 Å². The van der Waals surface area contributed by atoms with E-state index in [9.17, 15) is 4.79 Å². The SMILES string of the molecule is O=C(N[C@@H]1C[C@@H]1c1ccc2c(c1)OCCO2)c1ccncc1Cl. The van der Waals surface area contributed by atoms with E-state index in [2.05, 4.69) is 10.3 Å². The number of hydrogen-bond acceptors (Lipinski definition) is 4. The summed E-state index contributed by atoms with van der Waals surface area (Å²) in [4.78, 5) is 16.1. The lowest BCUT2D eigenvalue weighted by molar-refractivity contribution is 0.0950. The summed E-state index contributed by atoms with van der Waals surface area (Å²) in [7, 11) is 0. The van der Waals surface area contributed by atoms with Crippen LogP contribution in [0.25, 0.3) is 0 Å². The number of benzene rings is 1. The van der Waals surface area contributed by atoms with E-state index in [1.807, 2.05) is 18.2 Å². The van der Waals surface area contributed by atoms with Crippen molar-refractivity contribution in [1.29, 1.82) is 0 Å². The first-order valence-corrected chi connectivity index (χ1v) is 7.90. The van der Waals surface area contributed by atoms with Crippen molar-refractivity contribution in [2.75, 3.05) is 13.2 Å². The van der Waals surface area contributed by atoms with Crippen LogP contribution in [0.3, 0.4) is 0 Å². The Labute approximate surface area is 138 Å². The van der Waals surface area contributed by atoms with Gasteiger partial charge in [0, 0.05) is 24.4 Å². The fourth-order valence-electron chi connectivity index (χ4n) is 2.82. The molecule has 0 radical (unpaired) electrons. The quantitative estimate of drug-likeness (QED) is 0.940. The molecular formula is C17H15ClN2O3. The van der Waals surface area contributed by atoms with E-state index in [1.54, 1.807) is 12.3 Å². The molecule has 1 saturated carbocycles. The van der Waals surface area contributed by atoms with Crippen molar-refractivity contribution in [3.63, 3.8) is 0 Å². The predicted octanol–water partition coefficient (Wildman–Crippen LogP) is 2.79. The number of carbonyl (C=O) groups is 1. The van der Waals surface area contributed by atoms with Gasteiger partial charge in [-0.05, 0) is 30.2 Å². The van der Waals surface area contributed by atoms with Crippen LogP contribution in [0.15, 0.2) is 36.7 Å². The highest BCUT2D eigenvalue weighted by molar-refractivity contribution is 6.33. The molecule has 1 aromatic carbocycles. The van der Waals surface area contributed by atoms with Gasteiger partial charge in [0.1, 0.15) is 13.2 Å². The summed E-state index contributed by atoms with van der Waals surface area (Å²) in [5.41, 5.74) is 1.61. The molecule has 2 aliphatic rings. The van der Waals surface area contributed by atoms with Crippen LogP contribution in [0.4, 0.5) is 0 Å². The molecule has 1 aliphatic carbocycles. The Kier molecular flexibility index (Phi) is 3.58. The number of hydrogen-bond donors (Lipinski definition) is 1. The van der Waals surface area contributed by atoms with E-state index < -0.39 is 0 Å². The number of nitrogens with zero attached hydrogens (tertiary/aromatic N) is 1. The molecule has 0 saturated heterocycles. The summed E-state index contributed by atoms with van der Waals surface area (Å²) in [5, 5.41) is 3.38. The normalized spacial score (nSPS) is 21.6. The molecule has 1 aliphatic heterocycles. The van der Waals surface area contributed by atoms with E-state index in [0.717, 1.165) is 23.5 Å². The lowest BCUT2D eigenvalue weighted by Gasteiger charge is -2.18. The molecule has 0 spiro atoms. The lowest BCUT2D eigenvalue weighted by Crippen LogP contribution is -2.26. The van der Waals surface area contributed by atoms with Crippen LogP contribution in [0.2, 0.25) is 5.02 Å². The van der Waals surface area contributed by atoms with Crippen molar-refractivity contribution in [3.05, 3.63) is 52.8 Å². The molecule has 4 rings (SSSR count). The highest BCUT2D eigenvalue weighted by Crippen LogP contribution is 2.44. The zero-order valence-electron chi connectivity index (χ0n) is 12.3. The Morgan fingerprint density at radius 1 is 1.22 bits per heavy atom. The average molecular weight is 331 g/mol. The highest BCUT2D eigenvalue weighted by Gasteiger charge is 2.40. The third kappa shape index (κ3) is 2.84. The van der Waals surface area contributed by atoms with Gasteiger partial charge in [-0.2, -0.15) is 0 Å². The standard InChI is InChI=1S/C17H15ClN2O3/c18-13-9-19-4-3-11(13)17(21)20-14-8-12(14)10-1-2-15-16(7-10)23-6-5-22-15/h1-4,7,9,12,14H,5-6,8H2,(H,20,21)/t12-,14-/m1/s1. The summed E-state index contributed by atoms with van der Waals surface area (Å²) in [6, 6.07) is 7.71. The molecule has 2 atom stereocenters. The van der Waals surface area contributed by atoms with Gasteiger partial charge in [0.25, 0.3) is 5.91 Å². The smallest absolute Gasteiger partial charge is 0.253 e. The monoisotopic (exact) mass is 330 g/mol. The predicted molar refractivity (Wildman–Crippen MR) is 85.3 cm³/mol. The van der Waals surface area contributed by atoms with Gasteiger partial charge in [-0.15, -0.1) is 0 Å². The van der Waals surface area contributed by atoms with Gasteiger partial charge in [-0.25, -0.2) is 0 Å². The van der Waals surface area contributed by atoms with Crippen molar-refractivity contribution in [2.45, 2.75) is 18.4 Å². The summed E-state index contributed by atoms with van der Waals surface area (Å²) in [6.45, 7) is 1.16. The zero-order chi connectivity index (χ0) is 15.8. The second-order valence-corrected chi connectivity index (χ2v) is 6.09. The second-order valence-electron chi connectivity index (χ2n) is 5.68. The van der Waals surface area contributed by atoms with Crippen LogP contribution in [-0.4, -0.2) is 30.1 Å². The Bertz CT molecular complexity index is 765. The van der Waals surface area contributed by atoms with E-state index in [4.69, 9.17) is 21.1 Å². The van der Waals surface area contributed by atoms with Crippen molar-refractivity contribution < 1.29 is 14.3 Å². The first-order chi connectivity index (χ1) is 11.2. The molecule has 1 fully saturated rings. The van der Waals surface area contributed by atoms with Gasteiger partial charge < -0.3 is 14.8 Å². The molecule has 1 amide bonds. The molecule has 1 N–H and O–H groups in total. The van der Waals surface area contributed by atoms with Gasteiger partial charge in [-0.3, -0.25) is 9.78 Å². The number of rotatable bonds is 3. The number of carbonyl (C=O) groups excluding carboxylic acids is 1.